The summed E-state index contributed by atoms with van der Waals surface area (Å²) in [7, 11) is 1.59. The fourth-order valence-electron chi connectivity index (χ4n) is 1.76. The van der Waals surface area contributed by atoms with Crippen molar-refractivity contribution in [2.45, 2.75) is 31.5 Å². The van der Waals surface area contributed by atoms with E-state index in [1.807, 2.05) is 0 Å². The van der Waals surface area contributed by atoms with E-state index >= 15 is 0 Å². The van der Waals surface area contributed by atoms with Crippen LogP contribution in [0.5, 0.6) is 0 Å². The Hall–Kier alpha value is -0.650. The van der Waals surface area contributed by atoms with E-state index in [1.165, 1.54) is 0 Å². The zero-order chi connectivity index (χ0) is 11.3. The van der Waals surface area contributed by atoms with Crippen LogP contribution in [0.4, 0.5) is 0 Å². The van der Waals surface area contributed by atoms with E-state index in [2.05, 4.69) is 5.32 Å². The number of amides is 1. The lowest BCUT2D eigenvalue weighted by atomic mass is 9.96. The normalized spacial score (nSPS) is 28.5. The first-order chi connectivity index (χ1) is 7.13. The van der Waals surface area contributed by atoms with Crippen molar-refractivity contribution in [2.75, 3.05) is 26.8 Å². The maximum absolute atomic E-state index is 11.3. The van der Waals surface area contributed by atoms with E-state index < -0.39 is 11.7 Å². The summed E-state index contributed by atoms with van der Waals surface area (Å²) in [5.74, 6) is -0.131. The number of ether oxygens (including phenoxy) is 2. The van der Waals surface area contributed by atoms with Gasteiger partial charge >= 0.3 is 0 Å². The Labute approximate surface area is 90.3 Å². The molecule has 0 aromatic carbocycles. The predicted octanol–water partition coefficient (Wildman–Crippen LogP) is -0.355. The van der Waals surface area contributed by atoms with Crippen LogP contribution in [0.15, 0.2) is 0 Å². The van der Waals surface area contributed by atoms with Crippen molar-refractivity contribution in [1.82, 2.24) is 5.32 Å². The van der Waals surface area contributed by atoms with Crippen LogP contribution >= 0.6 is 0 Å². The first-order valence-corrected chi connectivity index (χ1v) is 5.31. The van der Waals surface area contributed by atoms with Gasteiger partial charge in [0.25, 0.3) is 0 Å². The van der Waals surface area contributed by atoms with Crippen molar-refractivity contribution in [1.29, 1.82) is 0 Å². The molecule has 0 aromatic heterocycles. The molecule has 1 aliphatic rings. The summed E-state index contributed by atoms with van der Waals surface area (Å²) in [6.45, 7) is 3.34. The minimum atomic E-state index is -0.486. The van der Waals surface area contributed by atoms with Gasteiger partial charge in [0.05, 0.1) is 6.61 Å². The van der Waals surface area contributed by atoms with Crippen LogP contribution in [0.25, 0.3) is 0 Å². The molecule has 0 spiro atoms. The number of rotatable bonds is 4. The van der Waals surface area contributed by atoms with Crippen LogP contribution in [0.3, 0.4) is 0 Å². The third-order valence-electron chi connectivity index (χ3n) is 2.70. The molecule has 2 unspecified atom stereocenters. The standard InChI is InChI=1S/C10H20N2O3/c1-8(9(13)12-2)15-10(6-11)4-3-5-14-7-10/h8H,3-7,11H2,1-2H3,(H,12,13). The summed E-state index contributed by atoms with van der Waals surface area (Å²) in [4.78, 5) is 11.3. The topological polar surface area (TPSA) is 73.6 Å². The molecule has 0 saturated carbocycles. The lowest BCUT2D eigenvalue weighted by molar-refractivity contribution is -0.164. The zero-order valence-corrected chi connectivity index (χ0v) is 9.41. The molecule has 1 rings (SSSR count). The van der Waals surface area contributed by atoms with E-state index in [0.29, 0.717) is 13.2 Å². The smallest absolute Gasteiger partial charge is 0.248 e. The van der Waals surface area contributed by atoms with Crippen LogP contribution in [-0.2, 0) is 14.3 Å². The number of nitrogens with two attached hydrogens (primary N) is 1. The minimum absolute atomic E-state index is 0.131. The van der Waals surface area contributed by atoms with Gasteiger partial charge in [-0.3, -0.25) is 4.79 Å². The maximum Gasteiger partial charge on any atom is 0.248 e. The van der Waals surface area contributed by atoms with Gasteiger partial charge in [0.15, 0.2) is 0 Å². The summed E-state index contributed by atoms with van der Waals surface area (Å²) in [5.41, 5.74) is 5.21. The zero-order valence-electron chi connectivity index (χ0n) is 9.41. The first kappa shape index (κ1) is 12.4. The molecule has 3 N–H and O–H groups in total. The van der Waals surface area contributed by atoms with E-state index in [0.717, 1.165) is 19.4 Å². The second kappa shape index (κ2) is 5.44. The molecule has 0 aliphatic carbocycles. The van der Waals surface area contributed by atoms with Gasteiger partial charge in [-0.05, 0) is 19.8 Å². The fourth-order valence-corrected chi connectivity index (χ4v) is 1.76. The Kier molecular flexibility index (Phi) is 4.50. The quantitative estimate of drug-likeness (QED) is 0.673. The van der Waals surface area contributed by atoms with Gasteiger partial charge in [0, 0.05) is 20.2 Å². The Morgan fingerprint density at radius 3 is 2.93 bits per heavy atom. The summed E-state index contributed by atoms with van der Waals surface area (Å²) in [6, 6.07) is 0. The molecule has 1 aliphatic heterocycles. The van der Waals surface area contributed by atoms with Crippen molar-refractivity contribution in [3.63, 3.8) is 0 Å². The van der Waals surface area contributed by atoms with Crippen LogP contribution in [0, 0.1) is 0 Å². The van der Waals surface area contributed by atoms with E-state index in [4.69, 9.17) is 15.2 Å². The minimum Gasteiger partial charge on any atom is -0.378 e. The first-order valence-electron chi connectivity index (χ1n) is 5.31. The Morgan fingerprint density at radius 1 is 1.73 bits per heavy atom. The monoisotopic (exact) mass is 216 g/mol. The molecule has 1 fully saturated rings. The molecule has 0 aromatic rings. The van der Waals surface area contributed by atoms with Crippen LogP contribution in [-0.4, -0.2) is 44.4 Å². The third-order valence-corrected chi connectivity index (χ3v) is 2.70. The van der Waals surface area contributed by atoms with Crippen molar-refractivity contribution in [3.8, 4) is 0 Å². The molecule has 1 heterocycles. The van der Waals surface area contributed by atoms with Crippen molar-refractivity contribution < 1.29 is 14.3 Å². The molecule has 1 amide bonds. The highest BCUT2D eigenvalue weighted by Crippen LogP contribution is 2.23. The Morgan fingerprint density at radius 2 is 2.47 bits per heavy atom. The van der Waals surface area contributed by atoms with Gasteiger partial charge in [-0.1, -0.05) is 0 Å². The van der Waals surface area contributed by atoms with Gasteiger partial charge in [0.1, 0.15) is 11.7 Å². The lowest BCUT2D eigenvalue weighted by Crippen LogP contribution is -2.51. The largest absolute Gasteiger partial charge is 0.378 e. The molecule has 2 atom stereocenters. The van der Waals surface area contributed by atoms with Crippen LogP contribution < -0.4 is 11.1 Å². The number of hydrogen-bond donors (Lipinski definition) is 2. The van der Waals surface area contributed by atoms with Crippen molar-refractivity contribution in [2.24, 2.45) is 5.73 Å². The van der Waals surface area contributed by atoms with E-state index in [1.54, 1.807) is 14.0 Å². The molecule has 1 saturated heterocycles. The number of carbonyl (C=O) groups is 1. The van der Waals surface area contributed by atoms with E-state index in [9.17, 15) is 4.79 Å². The fraction of sp³-hybridized carbons (Fsp3) is 0.900. The molecule has 0 bridgehead atoms. The molecule has 5 heteroatoms. The van der Waals surface area contributed by atoms with Crippen molar-refractivity contribution in [3.05, 3.63) is 0 Å². The van der Waals surface area contributed by atoms with Gasteiger partial charge in [-0.2, -0.15) is 0 Å². The summed E-state index contributed by atoms with van der Waals surface area (Å²) in [6.07, 6.45) is 1.29. The molecule has 15 heavy (non-hydrogen) atoms. The lowest BCUT2D eigenvalue weighted by Gasteiger charge is -2.37. The Balaban J connectivity index is 2.54. The van der Waals surface area contributed by atoms with Crippen LogP contribution in [0.1, 0.15) is 19.8 Å². The number of nitrogens with one attached hydrogen (secondary N) is 1. The highest BCUT2D eigenvalue weighted by molar-refractivity contribution is 5.80. The third kappa shape index (κ3) is 3.15. The molecular formula is C10H20N2O3. The highest BCUT2D eigenvalue weighted by atomic mass is 16.6. The molecule has 5 nitrogen and oxygen atoms in total. The summed E-state index contributed by atoms with van der Waals surface area (Å²) >= 11 is 0. The van der Waals surface area contributed by atoms with Gasteiger partial charge in [-0.15, -0.1) is 0 Å². The molecule has 88 valence electrons. The number of likely N-dealkylation sites (N-methyl/N-ethyl adjacent to an activating group) is 1. The molecule has 0 radical (unpaired) electrons. The summed E-state index contributed by atoms with van der Waals surface area (Å²) in [5, 5.41) is 2.55. The second-order valence-electron chi connectivity index (χ2n) is 3.92. The average molecular weight is 216 g/mol. The van der Waals surface area contributed by atoms with Gasteiger partial charge in [-0.25, -0.2) is 0 Å². The SMILES string of the molecule is CNC(=O)C(C)OC1(CN)CCCOC1. The van der Waals surface area contributed by atoms with Crippen molar-refractivity contribution >= 4 is 5.91 Å². The maximum atomic E-state index is 11.3. The van der Waals surface area contributed by atoms with Gasteiger partial charge < -0.3 is 20.5 Å². The Bertz CT molecular complexity index is 215. The van der Waals surface area contributed by atoms with Gasteiger partial charge in [0.2, 0.25) is 5.91 Å². The predicted molar refractivity (Wildman–Crippen MR) is 56.5 cm³/mol. The molecular weight excluding hydrogens is 196 g/mol. The number of hydrogen-bond acceptors (Lipinski definition) is 4. The summed E-state index contributed by atoms with van der Waals surface area (Å²) < 4.78 is 11.1. The highest BCUT2D eigenvalue weighted by Gasteiger charge is 2.35. The second-order valence-corrected chi connectivity index (χ2v) is 3.92. The van der Waals surface area contributed by atoms with E-state index in [-0.39, 0.29) is 5.91 Å². The average Bonchev–Trinajstić information content (AvgIpc) is 2.29. The number of carbonyl (C=O) groups excluding carboxylic acids is 1. The van der Waals surface area contributed by atoms with Crippen LogP contribution in [0.2, 0.25) is 0 Å².